The van der Waals surface area contributed by atoms with Crippen LogP contribution in [0.2, 0.25) is 5.02 Å². The van der Waals surface area contributed by atoms with Crippen molar-refractivity contribution in [2.24, 2.45) is 0 Å². The van der Waals surface area contributed by atoms with Gasteiger partial charge in [0.15, 0.2) is 5.78 Å². The largest absolute Gasteiger partial charge is 0.496 e. The number of rotatable bonds is 6. The van der Waals surface area contributed by atoms with E-state index in [2.05, 4.69) is 0 Å². The van der Waals surface area contributed by atoms with E-state index in [0.717, 1.165) is 11.1 Å². The van der Waals surface area contributed by atoms with Crippen LogP contribution in [0.15, 0.2) is 48.5 Å². The molecule has 21 heavy (non-hydrogen) atoms. The lowest BCUT2D eigenvalue weighted by molar-refractivity contribution is -0.128. The molecule has 2 rings (SSSR count). The zero-order chi connectivity index (χ0) is 15.2. The maximum Gasteiger partial charge on any atom is 0.170 e. The van der Waals surface area contributed by atoms with Crippen LogP contribution < -0.4 is 4.74 Å². The molecule has 3 nitrogen and oxygen atoms in total. The molecular formula is C17H17ClO3. The minimum Gasteiger partial charge on any atom is -0.496 e. The number of Topliss-reactive ketones (excluding diaryl/α,β-unsaturated/α-hetero) is 1. The summed E-state index contributed by atoms with van der Waals surface area (Å²) in [6.45, 7) is 0. The van der Waals surface area contributed by atoms with Crippen LogP contribution in [0, 0.1) is 0 Å². The first-order valence-electron chi connectivity index (χ1n) is 6.58. The van der Waals surface area contributed by atoms with Crippen molar-refractivity contribution in [3.8, 4) is 5.75 Å². The summed E-state index contributed by atoms with van der Waals surface area (Å²) < 4.78 is 10.6. The molecule has 2 aromatic rings. The van der Waals surface area contributed by atoms with Gasteiger partial charge in [0, 0.05) is 24.1 Å². The predicted molar refractivity (Wildman–Crippen MR) is 82.9 cm³/mol. The standard InChI is InChI=1S/C17H17ClO3/c1-20-16-9-8-14(18)10-13(16)11-15(19)17(21-2)12-6-4-3-5-7-12/h3-10,17H,11H2,1-2H3. The summed E-state index contributed by atoms with van der Waals surface area (Å²) in [5.41, 5.74) is 1.60. The van der Waals surface area contributed by atoms with Crippen molar-refractivity contribution in [3.05, 3.63) is 64.7 Å². The molecule has 0 fully saturated rings. The average molecular weight is 305 g/mol. The summed E-state index contributed by atoms with van der Waals surface area (Å²) in [7, 11) is 3.10. The highest BCUT2D eigenvalue weighted by Crippen LogP contribution is 2.26. The Kier molecular flexibility index (Phi) is 5.37. The Morgan fingerprint density at radius 3 is 2.48 bits per heavy atom. The van der Waals surface area contributed by atoms with Crippen LogP contribution in [0.1, 0.15) is 17.2 Å². The van der Waals surface area contributed by atoms with Crippen molar-refractivity contribution in [3.63, 3.8) is 0 Å². The monoisotopic (exact) mass is 304 g/mol. The van der Waals surface area contributed by atoms with Crippen molar-refractivity contribution in [2.75, 3.05) is 14.2 Å². The van der Waals surface area contributed by atoms with Crippen molar-refractivity contribution >= 4 is 17.4 Å². The lowest BCUT2D eigenvalue weighted by Gasteiger charge is -2.15. The molecule has 0 heterocycles. The quantitative estimate of drug-likeness (QED) is 0.813. The molecule has 1 atom stereocenters. The second kappa shape index (κ2) is 7.25. The van der Waals surface area contributed by atoms with Gasteiger partial charge in [-0.3, -0.25) is 4.79 Å². The van der Waals surface area contributed by atoms with E-state index >= 15 is 0 Å². The molecule has 110 valence electrons. The number of ketones is 1. The number of ether oxygens (including phenoxy) is 2. The highest BCUT2D eigenvalue weighted by atomic mass is 35.5. The Morgan fingerprint density at radius 1 is 1.14 bits per heavy atom. The van der Waals surface area contributed by atoms with Gasteiger partial charge >= 0.3 is 0 Å². The highest BCUT2D eigenvalue weighted by Gasteiger charge is 2.21. The fourth-order valence-corrected chi connectivity index (χ4v) is 2.44. The maximum atomic E-state index is 12.5. The molecule has 0 bridgehead atoms. The van der Waals surface area contributed by atoms with Crippen molar-refractivity contribution in [1.82, 2.24) is 0 Å². The second-order valence-corrected chi connectivity index (χ2v) is 5.06. The number of methoxy groups -OCH3 is 2. The van der Waals surface area contributed by atoms with Gasteiger partial charge in [0.2, 0.25) is 0 Å². The SMILES string of the molecule is COc1ccc(Cl)cc1CC(=O)C(OC)c1ccccc1. The van der Waals surface area contributed by atoms with Crippen molar-refractivity contribution in [1.29, 1.82) is 0 Å². The van der Waals surface area contributed by atoms with Crippen LogP contribution in [0.3, 0.4) is 0 Å². The summed E-state index contributed by atoms with van der Waals surface area (Å²) in [6, 6.07) is 14.7. The van der Waals surface area contributed by atoms with E-state index < -0.39 is 6.10 Å². The third-order valence-corrected chi connectivity index (χ3v) is 3.47. The van der Waals surface area contributed by atoms with Crippen LogP contribution in [0.4, 0.5) is 0 Å². The van der Waals surface area contributed by atoms with Crippen LogP contribution in [-0.2, 0) is 16.0 Å². The fraction of sp³-hybridized carbons (Fsp3) is 0.235. The smallest absolute Gasteiger partial charge is 0.170 e. The molecule has 4 heteroatoms. The molecule has 2 aromatic carbocycles. The van der Waals surface area contributed by atoms with Gasteiger partial charge in [0.25, 0.3) is 0 Å². The molecular weight excluding hydrogens is 288 g/mol. The number of hydrogen-bond acceptors (Lipinski definition) is 3. The topological polar surface area (TPSA) is 35.5 Å². The van der Waals surface area contributed by atoms with Crippen LogP contribution in [0.25, 0.3) is 0 Å². The van der Waals surface area contributed by atoms with Gasteiger partial charge in [-0.05, 0) is 23.8 Å². The van der Waals surface area contributed by atoms with Crippen molar-refractivity contribution < 1.29 is 14.3 Å². The molecule has 1 unspecified atom stereocenters. The number of halogens is 1. The molecule has 0 aromatic heterocycles. The minimum absolute atomic E-state index is 0.0377. The summed E-state index contributed by atoms with van der Waals surface area (Å²) in [4.78, 5) is 12.5. The molecule has 0 radical (unpaired) electrons. The summed E-state index contributed by atoms with van der Waals surface area (Å²) in [5, 5.41) is 0.576. The first-order valence-corrected chi connectivity index (χ1v) is 6.96. The van der Waals surface area contributed by atoms with Gasteiger partial charge in [-0.15, -0.1) is 0 Å². The summed E-state index contributed by atoms with van der Waals surface area (Å²) in [6.07, 6.45) is -0.383. The normalized spacial score (nSPS) is 12.0. The molecule has 0 aliphatic heterocycles. The zero-order valence-corrected chi connectivity index (χ0v) is 12.8. The van der Waals surface area contributed by atoms with Gasteiger partial charge < -0.3 is 9.47 Å². The molecule has 0 aliphatic rings. The minimum atomic E-state index is -0.588. The van der Waals surface area contributed by atoms with Gasteiger partial charge in [-0.25, -0.2) is 0 Å². The molecule has 0 saturated heterocycles. The fourth-order valence-electron chi connectivity index (χ4n) is 2.25. The van der Waals surface area contributed by atoms with Gasteiger partial charge in [-0.1, -0.05) is 41.9 Å². The third-order valence-electron chi connectivity index (χ3n) is 3.24. The van der Waals surface area contributed by atoms with E-state index in [-0.39, 0.29) is 12.2 Å². The first kappa shape index (κ1) is 15.5. The molecule has 0 amide bonds. The lowest BCUT2D eigenvalue weighted by atomic mass is 9.99. The Bertz CT molecular complexity index is 611. The zero-order valence-electron chi connectivity index (χ0n) is 12.0. The third kappa shape index (κ3) is 3.84. The highest BCUT2D eigenvalue weighted by molar-refractivity contribution is 6.30. The van der Waals surface area contributed by atoms with Gasteiger partial charge in [0.1, 0.15) is 11.9 Å². The van der Waals surface area contributed by atoms with E-state index in [0.29, 0.717) is 10.8 Å². The Balaban J connectivity index is 2.22. The van der Waals surface area contributed by atoms with Gasteiger partial charge in [0.05, 0.1) is 7.11 Å². The second-order valence-electron chi connectivity index (χ2n) is 4.63. The van der Waals surface area contributed by atoms with Crippen LogP contribution >= 0.6 is 11.6 Å². The van der Waals surface area contributed by atoms with E-state index in [1.165, 1.54) is 7.11 Å². The number of hydrogen-bond donors (Lipinski definition) is 0. The summed E-state index contributed by atoms with van der Waals surface area (Å²) in [5.74, 6) is 0.611. The van der Waals surface area contributed by atoms with Crippen molar-refractivity contribution in [2.45, 2.75) is 12.5 Å². The number of carbonyl (C=O) groups is 1. The van der Waals surface area contributed by atoms with E-state index in [1.54, 1.807) is 25.3 Å². The Hall–Kier alpha value is -1.84. The van der Waals surface area contributed by atoms with Crippen LogP contribution in [-0.4, -0.2) is 20.0 Å². The van der Waals surface area contributed by atoms with E-state index in [1.807, 2.05) is 30.3 Å². The Labute approximate surface area is 129 Å². The molecule has 0 saturated carbocycles. The van der Waals surface area contributed by atoms with Crippen LogP contribution in [0.5, 0.6) is 5.75 Å². The lowest BCUT2D eigenvalue weighted by Crippen LogP contribution is -2.17. The average Bonchev–Trinajstić information content (AvgIpc) is 2.49. The van der Waals surface area contributed by atoms with E-state index in [4.69, 9.17) is 21.1 Å². The molecule has 0 N–H and O–H groups in total. The molecule has 0 spiro atoms. The first-order chi connectivity index (χ1) is 10.2. The van der Waals surface area contributed by atoms with Gasteiger partial charge in [-0.2, -0.15) is 0 Å². The van der Waals surface area contributed by atoms with E-state index in [9.17, 15) is 4.79 Å². The number of benzene rings is 2. The summed E-state index contributed by atoms with van der Waals surface area (Å²) >= 11 is 5.99. The number of carbonyl (C=O) groups excluding carboxylic acids is 1. The molecule has 0 aliphatic carbocycles. The predicted octanol–water partition coefficient (Wildman–Crippen LogP) is 3.85. The Morgan fingerprint density at radius 2 is 1.86 bits per heavy atom. The maximum absolute atomic E-state index is 12.5.